The zero-order valence-electron chi connectivity index (χ0n) is 10.9. The monoisotopic (exact) mass is 287 g/mol. The van der Waals surface area contributed by atoms with Gasteiger partial charge in [0.05, 0.1) is 17.9 Å². The average molecular weight is 287 g/mol. The second-order valence-electron chi connectivity index (χ2n) is 5.39. The Bertz CT molecular complexity index is 503. The van der Waals surface area contributed by atoms with E-state index in [9.17, 15) is 13.2 Å². The van der Waals surface area contributed by atoms with E-state index in [0.717, 1.165) is 12.5 Å². The maximum atomic E-state index is 13.7. The molecule has 2 fully saturated rings. The lowest BCUT2D eigenvalue weighted by Gasteiger charge is -2.37. The molecule has 3 rings (SSSR count). The van der Waals surface area contributed by atoms with Crippen LogP contribution in [0, 0.1) is 17.5 Å². The van der Waals surface area contributed by atoms with Gasteiger partial charge in [0.25, 0.3) is 0 Å². The minimum Gasteiger partial charge on any atom is -0.380 e. The van der Waals surface area contributed by atoms with Gasteiger partial charge < -0.3 is 14.8 Å². The van der Waals surface area contributed by atoms with E-state index in [-0.39, 0.29) is 17.3 Å². The van der Waals surface area contributed by atoms with Gasteiger partial charge in [0, 0.05) is 25.7 Å². The van der Waals surface area contributed by atoms with Gasteiger partial charge in [-0.3, -0.25) is 0 Å². The van der Waals surface area contributed by atoms with Crippen LogP contribution in [0.3, 0.4) is 0 Å². The van der Waals surface area contributed by atoms with Crippen LogP contribution in [0.2, 0.25) is 0 Å². The van der Waals surface area contributed by atoms with Gasteiger partial charge in [0.15, 0.2) is 17.5 Å². The molecule has 2 saturated heterocycles. The largest absolute Gasteiger partial charge is 0.380 e. The average Bonchev–Trinajstić information content (AvgIpc) is 2.88. The fourth-order valence-corrected chi connectivity index (χ4v) is 2.87. The molecular formula is C14H16F3NO2. The lowest BCUT2D eigenvalue weighted by molar-refractivity contribution is -0.0829. The Morgan fingerprint density at radius 2 is 2.00 bits per heavy atom. The van der Waals surface area contributed by atoms with Gasteiger partial charge in [-0.05, 0) is 25.0 Å². The van der Waals surface area contributed by atoms with Crippen LogP contribution in [0.1, 0.15) is 19.3 Å². The minimum atomic E-state index is -1.44. The number of rotatable bonds is 2. The summed E-state index contributed by atoms with van der Waals surface area (Å²) in [5.74, 6) is -3.80. The van der Waals surface area contributed by atoms with Crippen LogP contribution in [0.5, 0.6) is 0 Å². The maximum absolute atomic E-state index is 13.7. The smallest absolute Gasteiger partial charge is 0.196 e. The van der Waals surface area contributed by atoms with Gasteiger partial charge in [-0.25, -0.2) is 13.2 Å². The standard InChI is InChI=1S/C14H16F3NO2/c15-10-1-2-11(13(17)12(10)16)18-9-3-5-20-14(7-9)4-6-19-8-14/h1-2,9,18H,3-8H2. The Balaban J connectivity index is 1.73. The predicted molar refractivity (Wildman–Crippen MR) is 67.1 cm³/mol. The highest BCUT2D eigenvalue weighted by Crippen LogP contribution is 2.34. The van der Waals surface area contributed by atoms with Gasteiger partial charge in [-0.2, -0.15) is 0 Å². The van der Waals surface area contributed by atoms with E-state index in [2.05, 4.69) is 5.32 Å². The first-order chi connectivity index (χ1) is 9.60. The van der Waals surface area contributed by atoms with Gasteiger partial charge in [0.1, 0.15) is 0 Å². The third-order valence-corrected chi connectivity index (χ3v) is 3.95. The molecule has 3 nitrogen and oxygen atoms in total. The zero-order valence-corrected chi connectivity index (χ0v) is 10.9. The first-order valence-electron chi connectivity index (χ1n) is 6.71. The molecule has 20 heavy (non-hydrogen) atoms. The van der Waals surface area contributed by atoms with Crippen LogP contribution in [-0.2, 0) is 9.47 Å². The molecule has 0 aromatic heterocycles. The Morgan fingerprint density at radius 3 is 2.75 bits per heavy atom. The van der Waals surface area contributed by atoms with Crippen molar-refractivity contribution in [3.63, 3.8) is 0 Å². The molecule has 2 heterocycles. The number of hydrogen-bond donors (Lipinski definition) is 1. The second kappa shape index (κ2) is 5.26. The minimum absolute atomic E-state index is 0.00938. The molecule has 110 valence electrons. The van der Waals surface area contributed by atoms with Gasteiger partial charge >= 0.3 is 0 Å². The van der Waals surface area contributed by atoms with Crippen LogP contribution < -0.4 is 5.32 Å². The van der Waals surface area contributed by atoms with Crippen molar-refractivity contribution in [3.8, 4) is 0 Å². The number of benzene rings is 1. The quantitative estimate of drug-likeness (QED) is 0.848. The summed E-state index contributed by atoms with van der Waals surface area (Å²) in [4.78, 5) is 0. The Hall–Kier alpha value is -1.27. The molecule has 1 spiro atoms. The summed E-state index contributed by atoms with van der Waals surface area (Å²) in [6, 6.07) is 2.11. The first kappa shape index (κ1) is 13.7. The first-order valence-corrected chi connectivity index (χ1v) is 6.71. The molecule has 0 aliphatic carbocycles. The fourth-order valence-electron chi connectivity index (χ4n) is 2.87. The Labute approximate surface area is 115 Å². The van der Waals surface area contributed by atoms with Crippen molar-refractivity contribution in [1.29, 1.82) is 0 Å². The number of ether oxygens (including phenoxy) is 2. The molecule has 2 aliphatic rings. The molecule has 6 heteroatoms. The molecule has 0 bridgehead atoms. The van der Waals surface area contributed by atoms with Crippen molar-refractivity contribution in [3.05, 3.63) is 29.6 Å². The van der Waals surface area contributed by atoms with Crippen LogP contribution in [0.25, 0.3) is 0 Å². The van der Waals surface area contributed by atoms with Crippen molar-refractivity contribution in [2.45, 2.75) is 30.9 Å². The van der Waals surface area contributed by atoms with Crippen molar-refractivity contribution in [2.24, 2.45) is 0 Å². The summed E-state index contributed by atoms with van der Waals surface area (Å²) in [5, 5.41) is 2.95. The van der Waals surface area contributed by atoms with Gasteiger partial charge in [-0.1, -0.05) is 0 Å². The SMILES string of the molecule is Fc1ccc(NC2CCOC3(CCOC3)C2)c(F)c1F. The molecule has 0 radical (unpaired) electrons. The van der Waals surface area contributed by atoms with Crippen molar-refractivity contribution < 1.29 is 22.6 Å². The number of hydrogen-bond acceptors (Lipinski definition) is 3. The summed E-state index contributed by atoms with van der Waals surface area (Å²) in [7, 11) is 0. The Morgan fingerprint density at radius 1 is 1.15 bits per heavy atom. The molecule has 1 aromatic rings. The molecule has 0 saturated carbocycles. The van der Waals surface area contributed by atoms with Gasteiger partial charge in [0.2, 0.25) is 0 Å². The molecule has 2 unspecified atom stereocenters. The second-order valence-corrected chi connectivity index (χ2v) is 5.39. The maximum Gasteiger partial charge on any atom is 0.196 e. The molecule has 0 amide bonds. The van der Waals surface area contributed by atoms with E-state index in [1.165, 1.54) is 6.07 Å². The van der Waals surface area contributed by atoms with Crippen LogP contribution >= 0.6 is 0 Å². The summed E-state index contributed by atoms with van der Waals surface area (Å²) in [6.07, 6.45) is 2.18. The van der Waals surface area contributed by atoms with E-state index in [4.69, 9.17) is 9.47 Å². The number of halogens is 3. The predicted octanol–water partition coefficient (Wildman–Crippen LogP) is 2.85. The number of anilines is 1. The summed E-state index contributed by atoms with van der Waals surface area (Å²) >= 11 is 0. The molecule has 2 atom stereocenters. The van der Waals surface area contributed by atoms with E-state index < -0.39 is 17.5 Å². The summed E-state index contributed by atoms with van der Waals surface area (Å²) in [6.45, 7) is 1.74. The van der Waals surface area contributed by atoms with Crippen LogP contribution in [-0.4, -0.2) is 31.5 Å². The van der Waals surface area contributed by atoms with Crippen LogP contribution in [0.15, 0.2) is 12.1 Å². The number of nitrogens with one attached hydrogen (secondary N) is 1. The van der Waals surface area contributed by atoms with Crippen LogP contribution in [0.4, 0.5) is 18.9 Å². The summed E-state index contributed by atoms with van der Waals surface area (Å²) in [5.41, 5.74) is -0.324. The van der Waals surface area contributed by atoms with E-state index in [0.29, 0.717) is 32.7 Å². The van der Waals surface area contributed by atoms with Gasteiger partial charge in [-0.15, -0.1) is 0 Å². The lowest BCUT2D eigenvalue weighted by Crippen LogP contribution is -2.45. The molecule has 2 aliphatic heterocycles. The highest BCUT2D eigenvalue weighted by molar-refractivity contribution is 5.46. The van der Waals surface area contributed by atoms with E-state index in [1.54, 1.807) is 0 Å². The van der Waals surface area contributed by atoms with Crippen molar-refractivity contribution in [1.82, 2.24) is 0 Å². The third kappa shape index (κ3) is 2.50. The third-order valence-electron chi connectivity index (χ3n) is 3.95. The Kier molecular flexibility index (Phi) is 3.60. The van der Waals surface area contributed by atoms with E-state index >= 15 is 0 Å². The van der Waals surface area contributed by atoms with Crippen molar-refractivity contribution in [2.75, 3.05) is 25.1 Å². The molecular weight excluding hydrogens is 271 g/mol. The topological polar surface area (TPSA) is 30.5 Å². The molecule has 1 aromatic carbocycles. The highest BCUT2D eigenvalue weighted by atomic mass is 19.2. The highest BCUT2D eigenvalue weighted by Gasteiger charge is 2.41. The van der Waals surface area contributed by atoms with Crippen molar-refractivity contribution >= 4 is 5.69 Å². The fraction of sp³-hybridized carbons (Fsp3) is 0.571. The summed E-state index contributed by atoms with van der Waals surface area (Å²) < 4.78 is 50.9. The lowest BCUT2D eigenvalue weighted by atomic mass is 9.89. The molecule has 1 N–H and O–H groups in total. The van der Waals surface area contributed by atoms with E-state index in [1.807, 2.05) is 0 Å². The zero-order chi connectivity index (χ0) is 14.2. The normalized spacial score (nSPS) is 29.9.